The lowest BCUT2D eigenvalue weighted by Gasteiger charge is -2.38. The molecule has 1 aromatic rings. The Kier molecular flexibility index (Phi) is 4.33. The van der Waals surface area contributed by atoms with E-state index >= 15 is 0 Å². The number of hydrogen-bond acceptors (Lipinski definition) is 4. The summed E-state index contributed by atoms with van der Waals surface area (Å²) < 4.78 is 5.29. The first-order valence-electron chi connectivity index (χ1n) is 6.33. The molecule has 1 atom stereocenters. The molecule has 98 valence electrons. The Morgan fingerprint density at radius 3 is 2.72 bits per heavy atom. The Bertz CT molecular complexity index is 386. The topological polar surface area (TPSA) is 55.6 Å². The summed E-state index contributed by atoms with van der Waals surface area (Å²) in [7, 11) is 0. The molecule has 1 heterocycles. The highest BCUT2D eigenvalue weighted by atomic mass is 16.5. The lowest BCUT2D eigenvalue weighted by Crippen LogP contribution is -2.53. The number of carbonyl (C=O) groups is 1. The minimum absolute atomic E-state index is 0.0208. The van der Waals surface area contributed by atoms with Crippen LogP contribution < -0.4 is 5.73 Å². The van der Waals surface area contributed by atoms with Crippen LogP contribution in [0, 0.1) is 5.92 Å². The summed E-state index contributed by atoms with van der Waals surface area (Å²) >= 11 is 0. The van der Waals surface area contributed by atoms with E-state index in [1.807, 2.05) is 37.3 Å². The maximum absolute atomic E-state index is 11.7. The highest BCUT2D eigenvalue weighted by molar-refractivity contribution is 5.74. The number of benzene rings is 1. The van der Waals surface area contributed by atoms with E-state index in [-0.39, 0.29) is 17.9 Å². The summed E-state index contributed by atoms with van der Waals surface area (Å²) in [6.45, 7) is 4.73. The van der Waals surface area contributed by atoms with Gasteiger partial charge in [0.25, 0.3) is 0 Å². The first kappa shape index (κ1) is 13.1. The molecule has 0 aromatic heterocycles. The van der Waals surface area contributed by atoms with E-state index in [1.165, 1.54) is 0 Å². The van der Waals surface area contributed by atoms with Crippen molar-refractivity contribution < 1.29 is 9.53 Å². The minimum Gasteiger partial charge on any atom is -0.461 e. The van der Waals surface area contributed by atoms with Gasteiger partial charge in [-0.1, -0.05) is 30.3 Å². The van der Waals surface area contributed by atoms with Crippen LogP contribution in [-0.2, 0) is 16.1 Å². The maximum atomic E-state index is 11.7. The summed E-state index contributed by atoms with van der Waals surface area (Å²) in [5.41, 5.74) is 6.73. The van der Waals surface area contributed by atoms with E-state index in [2.05, 4.69) is 4.90 Å². The highest BCUT2D eigenvalue weighted by Crippen LogP contribution is 2.17. The second kappa shape index (κ2) is 5.98. The fraction of sp³-hybridized carbons (Fsp3) is 0.500. The second-order valence-corrected chi connectivity index (χ2v) is 4.99. The Balaban J connectivity index is 1.68. The van der Waals surface area contributed by atoms with Gasteiger partial charge in [0.15, 0.2) is 0 Å². The molecule has 1 saturated heterocycles. The third-order valence-corrected chi connectivity index (χ3v) is 3.06. The number of nitrogens with two attached hydrogens (primary N) is 1. The molecule has 1 aliphatic heterocycles. The zero-order valence-corrected chi connectivity index (χ0v) is 10.7. The van der Waals surface area contributed by atoms with Crippen LogP contribution in [0.5, 0.6) is 0 Å². The van der Waals surface area contributed by atoms with Gasteiger partial charge in [-0.05, 0) is 12.5 Å². The summed E-state index contributed by atoms with van der Waals surface area (Å²) in [6.07, 6.45) is 0. The van der Waals surface area contributed by atoms with E-state index in [1.54, 1.807) is 0 Å². The molecule has 4 heteroatoms. The Morgan fingerprint density at radius 2 is 2.11 bits per heavy atom. The predicted octanol–water partition coefficient (Wildman–Crippen LogP) is 1.01. The summed E-state index contributed by atoms with van der Waals surface area (Å²) in [5.74, 6) is -0.0766. The number of esters is 1. The number of likely N-dealkylation sites (tertiary alicyclic amines) is 1. The van der Waals surface area contributed by atoms with Gasteiger partial charge in [0.1, 0.15) is 6.61 Å². The van der Waals surface area contributed by atoms with Crippen molar-refractivity contribution in [1.29, 1.82) is 0 Å². The molecule has 0 spiro atoms. The monoisotopic (exact) mass is 248 g/mol. The molecule has 0 aliphatic carbocycles. The third kappa shape index (κ3) is 3.55. The SMILES string of the molecule is C[C@H](N)CN1CC(C(=O)OCc2ccccc2)C1. The lowest BCUT2D eigenvalue weighted by molar-refractivity contribution is -0.155. The van der Waals surface area contributed by atoms with Crippen LogP contribution in [0.4, 0.5) is 0 Å². The van der Waals surface area contributed by atoms with Crippen LogP contribution in [0.1, 0.15) is 12.5 Å². The number of carbonyl (C=O) groups excluding carboxylic acids is 1. The van der Waals surface area contributed by atoms with Crippen molar-refractivity contribution in [3.05, 3.63) is 35.9 Å². The molecule has 0 amide bonds. The average Bonchev–Trinajstić information content (AvgIpc) is 2.31. The maximum Gasteiger partial charge on any atom is 0.311 e. The smallest absolute Gasteiger partial charge is 0.311 e. The van der Waals surface area contributed by atoms with Gasteiger partial charge < -0.3 is 10.5 Å². The highest BCUT2D eigenvalue weighted by Gasteiger charge is 2.33. The quantitative estimate of drug-likeness (QED) is 0.790. The molecule has 2 rings (SSSR count). The predicted molar refractivity (Wildman–Crippen MR) is 69.8 cm³/mol. The van der Waals surface area contributed by atoms with E-state index in [0.29, 0.717) is 6.61 Å². The molecular formula is C14H20N2O2. The van der Waals surface area contributed by atoms with Crippen molar-refractivity contribution in [2.45, 2.75) is 19.6 Å². The average molecular weight is 248 g/mol. The van der Waals surface area contributed by atoms with E-state index < -0.39 is 0 Å². The Morgan fingerprint density at radius 1 is 1.44 bits per heavy atom. The molecule has 1 aromatic carbocycles. The van der Waals surface area contributed by atoms with E-state index in [0.717, 1.165) is 25.2 Å². The summed E-state index contributed by atoms with van der Waals surface area (Å²) in [5, 5.41) is 0. The van der Waals surface area contributed by atoms with Crippen LogP contribution in [0.2, 0.25) is 0 Å². The molecule has 0 unspecified atom stereocenters. The molecule has 18 heavy (non-hydrogen) atoms. The van der Waals surface area contributed by atoms with Crippen molar-refractivity contribution in [2.24, 2.45) is 11.7 Å². The van der Waals surface area contributed by atoms with Crippen LogP contribution in [0.25, 0.3) is 0 Å². The molecular weight excluding hydrogens is 228 g/mol. The lowest BCUT2D eigenvalue weighted by atomic mass is 10.00. The standard InChI is InChI=1S/C14H20N2O2/c1-11(15)7-16-8-13(9-16)14(17)18-10-12-5-3-2-4-6-12/h2-6,11,13H,7-10,15H2,1H3/t11-/m0/s1. The number of rotatable bonds is 5. The normalized spacial score (nSPS) is 18.1. The van der Waals surface area contributed by atoms with Crippen LogP contribution in [0.3, 0.4) is 0 Å². The van der Waals surface area contributed by atoms with Crippen LogP contribution in [-0.4, -0.2) is 36.5 Å². The number of nitrogens with zero attached hydrogens (tertiary/aromatic N) is 1. The van der Waals surface area contributed by atoms with Gasteiger partial charge in [-0.25, -0.2) is 0 Å². The van der Waals surface area contributed by atoms with Crippen LogP contribution >= 0.6 is 0 Å². The molecule has 0 bridgehead atoms. The zero-order valence-electron chi connectivity index (χ0n) is 10.7. The van der Waals surface area contributed by atoms with Crippen molar-refractivity contribution >= 4 is 5.97 Å². The second-order valence-electron chi connectivity index (χ2n) is 4.99. The molecule has 4 nitrogen and oxygen atoms in total. The Labute approximate surface area is 108 Å². The molecule has 0 radical (unpaired) electrons. The van der Waals surface area contributed by atoms with Gasteiger partial charge >= 0.3 is 5.97 Å². The van der Waals surface area contributed by atoms with Gasteiger partial charge in [-0.2, -0.15) is 0 Å². The van der Waals surface area contributed by atoms with Crippen molar-refractivity contribution in [3.8, 4) is 0 Å². The van der Waals surface area contributed by atoms with E-state index in [9.17, 15) is 4.79 Å². The largest absolute Gasteiger partial charge is 0.461 e. The number of ether oxygens (including phenoxy) is 1. The first-order valence-corrected chi connectivity index (χ1v) is 6.33. The van der Waals surface area contributed by atoms with Gasteiger partial charge in [0, 0.05) is 25.7 Å². The fourth-order valence-electron chi connectivity index (χ4n) is 2.12. The van der Waals surface area contributed by atoms with Gasteiger partial charge in [-0.3, -0.25) is 9.69 Å². The minimum atomic E-state index is -0.0974. The first-order chi connectivity index (χ1) is 8.65. The number of hydrogen-bond donors (Lipinski definition) is 1. The fourth-order valence-corrected chi connectivity index (χ4v) is 2.12. The molecule has 0 saturated carbocycles. The third-order valence-electron chi connectivity index (χ3n) is 3.06. The summed E-state index contributed by atoms with van der Waals surface area (Å²) in [6, 6.07) is 9.90. The summed E-state index contributed by atoms with van der Waals surface area (Å²) in [4.78, 5) is 13.9. The molecule has 2 N–H and O–H groups in total. The molecule has 1 aliphatic rings. The Hall–Kier alpha value is -1.39. The van der Waals surface area contributed by atoms with Gasteiger partial charge in [0.2, 0.25) is 0 Å². The zero-order chi connectivity index (χ0) is 13.0. The van der Waals surface area contributed by atoms with Gasteiger partial charge in [-0.15, -0.1) is 0 Å². The van der Waals surface area contributed by atoms with Crippen molar-refractivity contribution in [3.63, 3.8) is 0 Å². The van der Waals surface area contributed by atoms with Crippen LogP contribution in [0.15, 0.2) is 30.3 Å². The van der Waals surface area contributed by atoms with Crippen molar-refractivity contribution in [1.82, 2.24) is 4.90 Å². The molecule has 1 fully saturated rings. The van der Waals surface area contributed by atoms with Gasteiger partial charge in [0.05, 0.1) is 5.92 Å². The van der Waals surface area contributed by atoms with Crippen molar-refractivity contribution in [2.75, 3.05) is 19.6 Å². The van der Waals surface area contributed by atoms with E-state index in [4.69, 9.17) is 10.5 Å².